The number of piperazine rings is 1. The van der Waals surface area contributed by atoms with Gasteiger partial charge in [-0.2, -0.15) is 0 Å². The van der Waals surface area contributed by atoms with Crippen LogP contribution in [-0.2, 0) is 10.8 Å². The van der Waals surface area contributed by atoms with Crippen LogP contribution < -0.4 is 5.32 Å². The minimum absolute atomic E-state index is 0.395. The normalized spacial score (nSPS) is 28.1. The first-order valence-corrected chi connectivity index (χ1v) is 8.20. The zero-order valence-electron chi connectivity index (χ0n) is 10.3. The van der Waals surface area contributed by atoms with E-state index in [2.05, 4.69) is 10.2 Å². The molecule has 94 valence electrons. The van der Waals surface area contributed by atoms with E-state index in [1.54, 1.807) is 6.26 Å². The predicted molar refractivity (Wildman–Crippen MR) is 69.2 cm³/mol. The molecule has 2 fully saturated rings. The Morgan fingerprint density at radius 2 is 2.06 bits per heavy atom. The molecule has 0 bridgehead atoms. The van der Waals surface area contributed by atoms with Gasteiger partial charge in [0.2, 0.25) is 0 Å². The molecule has 0 aromatic carbocycles. The maximum absolute atomic E-state index is 11.1. The van der Waals surface area contributed by atoms with Crippen LogP contribution in [0, 0.1) is 0 Å². The van der Waals surface area contributed by atoms with Crippen molar-refractivity contribution < 1.29 is 4.21 Å². The molecule has 1 saturated carbocycles. The molecule has 16 heavy (non-hydrogen) atoms. The van der Waals surface area contributed by atoms with Gasteiger partial charge in [-0.25, -0.2) is 0 Å². The Labute approximate surface area is 101 Å². The molecule has 0 amide bonds. The van der Waals surface area contributed by atoms with Crippen molar-refractivity contribution in [1.29, 1.82) is 0 Å². The maximum atomic E-state index is 11.1. The number of hydrogen-bond acceptors (Lipinski definition) is 3. The van der Waals surface area contributed by atoms with Gasteiger partial charge in [-0.15, -0.1) is 0 Å². The molecule has 4 heteroatoms. The third kappa shape index (κ3) is 3.28. The summed E-state index contributed by atoms with van der Waals surface area (Å²) < 4.78 is 11.1. The fourth-order valence-corrected chi connectivity index (χ4v) is 3.57. The molecule has 1 aliphatic carbocycles. The standard InChI is InChI=1S/C12H24N2OS/c1-16(15)10-9-14-8-7-13-12(11-14)5-3-2-4-6-12/h13H,2-11H2,1H3. The monoisotopic (exact) mass is 244 g/mol. The zero-order chi connectivity index (χ0) is 11.4. The topological polar surface area (TPSA) is 32.3 Å². The van der Waals surface area contributed by atoms with Crippen LogP contribution in [0.15, 0.2) is 0 Å². The molecule has 1 saturated heterocycles. The van der Waals surface area contributed by atoms with Crippen LogP contribution >= 0.6 is 0 Å². The van der Waals surface area contributed by atoms with Crippen LogP contribution in [0.5, 0.6) is 0 Å². The molecular formula is C12H24N2OS. The second-order valence-corrected chi connectivity index (χ2v) is 6.88. The van der Waals surface area contributed by atoms with Crippen LogP contribution in [0.1, 0.15) is 32.1 Å². The Morgan fingerprint density at radius 3 is 2.75 bits per heavy atom. The van der Waals surface area contributed by atoms with Crippen LogP contribution in [-0.4, -0.2) is 52.8 Å². The van der Waals surface area contributed by atoms with Crippen molar-refractivity contribution in [2.24, 2.45) is 0 Å². The van der Waals surface area contributed by atoms with Crippen LogP contribution in [0.2, 0.25) is 0 Å². The Bertz CT molecular complexity index is 246. The van der Waals surface area contributed by atoms with Gasteiger partial charge in [-0.1, -0.05) is 19.3 Å². The third-order valence-electron chi connectivity index (χ3n) is 3.96. The summed E-state index contributed by atoms with van der Waals surface area (Å²) in [5, 5.41) is 3.73. The van der Waals surface area contributed by atoms with Gasteiger partial charge in [-0.3, -0.25) is 9.11 Å². The Morgan fingerprint density at radius 1 is 1.31 bits per heavy atom. The second-order valence-electron chi connectivity index (χ2n) is 5.32. The SMILES string of the molecule is CS(=O)CCN1CCNC2(CCCCC2)C1. The minimum atomic E-state index is -0.646. The summed E-state index contributed by atoms with van der Waals surface area (Å²) in [7, 11) is -0.646. The lowest BCUT2D eigenvalue weighted by Gasteiger charge is -2.46. The lowest BCUT2D eigenvalue weighted by Crippen LogP contribution is -2.61. The van der Waals surface area contributed by atoms with E-state index in [4.69, 9.17) is 0 Å². The quantitative estimate of drug-likeness (QED) is 0.803. The van der Waals surface area contributed by atoms with Crippen molar-refractivity contribution in [3.05, 3.63) is 0 Å². The van der Waals surface area contributed by atoms with E-state index in [1.165, 1.54) is 38.6 Å². The van der Waals surface area contributed by atoms with E-state index >= 15 is 0 Å². The van der Waals surface area contributed by atoms with E-state index in [9.17, 15) is 4.21 Å². The summed E-state index contributed by atoms with van der Waals surface area (Å²) in [5.41, 5.74) is 0.395. The van der Waals surface area contributed by atoms with Gasteiger partial charge >= 0.3 is 0 Å². The molecule has 1 aliphatic heterocycles. The van der Waals surface area contributed by atoms with Crippen LogP contribution in [0.3, 0.4) is 0 Å². The molecule has 2 aliphatic rings. The smallest absolute Gasteiger partial charge is 0.0359 e. The van der Waals surface area contributed by atoms with Crippen molar-refractivity contribution in [3.63, 3.8) is 0 Å². The highest BCUT2D eigenvalue weighted by Gasteiger charge is 2.35. The van der Waals surface area contributed by atoms with Gasteiger partial charge in [0.1, 0.15) is 0 Å². The number of hydrogen-bond donors (Lipinski definition) is 1. The maximum Gasteiger partial charge on any atom is 0.0359 e. The Hall–Kier alpha value is 0.0700. The van der Waals surface area contributed by atoms with Gasteiger partial charge in [0.15, 0.2) is 0 Å². The second kappa shape index (κ2) is 5.61. The molecule has 0 radical (unpaired) electrons. The zero-order valence-corrected chi connectivity index (χ0v) is 11.2. The molecule has 3 nitrogen and oxygen atoms in total. The summed E-state index contributed by atoms with van der Waals surface area (Å²) in [5.74, 6) is 0.829. The van der Waals surface area contributed by atoms with Gasteiger partial charge < -0.3 is 5.32 Å². The lowest BCUT2D eigenvalue weighted by atomic mass is 9.80. The minimum Gasteiger partial charge on any atom is -0.309 e. The van der Waals surface area contributed by atoms with Crippen molar-refractivity contribution >= 4 is 10.8 Å². The third-order valence-corrected chi connectivity index (χ3v) is 4.72. The summed E-state index contributed by atoms with van der Waals surface area (Å²) in [6.07, 6.45) is 8.62. The number of nitrogens with zero attached hydrogens (tertiary/aromatic N) is 1. The van der Waals surface area contributed by atoms with Gasteiger partial charge in [-0.05, 0) is 12.8 Å². The van der Waals surface area contributed by atoms with Crippen LogP contribution in [0.4, 0.5) is 0 Å². The van der Waals surface area contributed by atoms with Crippen molar-refractivity contribution in [2.75, 3.05) is 38.2 Å². The number of nitrogens with one attached hydrogen (secondary N) is 1. The highest BCUT2D eigenvalue weighted by Crippen LogP contribution is 2.30. The van der Waals surface area contributed by atoms with E-state index < -0.39 is 10.8 Å². The highest BCUT2D eigenvalue weighted by atomic mass is 32.2. The molecule has 1 heterocycles. The first kappa shape index (κ1) is 12.5. The lowest BCUT2D eigenvalue weighted by molar-refractivity contribution is 0.104. The Kier molecular flexibility index (Phi) is 4.39. The molecule has 1 atom stereocenters. The first-order chi connectivity index (χ1) is 7.70. The predicted octanol–water partition coefficient (Wildman–Crippen LogP) is 0.973. The van der Waals surface area contributed by atoms with Crippen molar-refractivity contribution in [1.82, 2.24) is 10.2 Å². The van der Waals surface area contributed by atoms with E-state index in [1.807, 2.05) is 0 Å². The summed E-state index contributed by atoms with van der Waals surface area (Å²) in [4.78, 5) is 2.50. The van der Waals surface area contributed by atoms with Gasteiger partial charge in [0, 0.05) is 54.5 Å². The molecule has 0 aromatic rings. The van der Waals surface area contributed by atoms with Crippen LogP contribution in [0.25, 0.3) is 0 Å². The molecule has 1 unspecified atom stereocenters. The fourth-order valence-electron chi connectivity index (χ4n) is 3.05. The van der Waals surface area contributed by atoms with Crippen molar-refractivity contribution in [2.45, 2.75) is 37.6 Å². The largest absolute Gasteiger partial charge is 0.309 e. The van der Waals surface area contributed by atoms with Gasteiger partial charge in [0.25, 0.3) is 0 Å². The number of rotatable bonds is 3. The van der Waals surface area contributed by atoms with Gasteiger partial charge in [0.05, 0.1) is 0 Å². The summed E-state index contributed by atoms with van der Waals surface area (Å²) >= 11 is 0. The summed E-state index contributed by atoms with van der Waals surface area (Å²) in [6, 6.07) is 0. The molecule has 1 N–H and O–H groups in total. The van der Waals surface area contributed by atoms with E-state index in [0.29, 0.717) is 5.54 Å². The average Bonchev–Trinajstić information content (AvgIpc) is 2.28. The molecule has 0 aromatic heterocycles. The van der Waals surface area contributed by atoms with E-state index in [-0.39, 0.29) is 0 Å². The summed E-state index contributed by atoms with van der Waals surface area (Å²) in [6.45, 7) is 4.41. The first-order valence-electron chi connectivity index (χ1n) is 6.48. The molecule has 2 rings (SSSR count). The molecule has 1 spiro atoms. The molecular weight excluding hydrogens is 220 g/mol. The van der Waals surface area contributed by atoms with Crippen molar-refractivity contribution in [3.8, 4) is 0 Å². The fraction of sp³-hybridized carbons (Fsp3) is 1.00. The highest BCUT2D eigenvalue weighted by molar-refractivity contribution is 7.84. The van der Waals surface area contributed by atoms with E-state index in [0.717, 1.165) is 25.4 Å². The average molecular weight is 244 g/mol. The Balaban J connectivity index is 1.85.